The van der Waals surface area contributed by atoms with Crippen molar-refractivity contribution in [2.75, 3.05) is 23.4 Å². The standard InChI is InChI=1S/C16H18N2O2S/c19-16(20)13-9-12-3-1-2-4-14(12)18-15(13)17-10-11-5-7-21-8-6-11/h1-4,9,11H,5-8,10H2,(H,17,18)(H,19,20). The summed E-state index contributed by atoms with van der Waals surface area (Å²) in [7, 11) is 0. The smallest absolute Gasteiger partial charge is 0.339 e. The largest absolute Gasteiger partial charge is 0.478 e. The first-order valence-electron chi connectivity index (χ1n) is 7.19. The minimum atomic E-state index is -0.935. The second-order valence-electron chi connectivity index (χ2n) is 5.32. The molecular formula is C16H18N2O2S. The topological polar surface area (TPSA) is 62.2 Å². The number of carbonyl (C=O) groups is 1. The molecular weight excluding hydrogens is 284 g/mol. The van der Waals surface area contributed by atoms with Crippen LogP contribution in [0.1, 0.15) is 23.2 Å². The molecule has 1 saturated heterocycles. The minimum absolute atomic E-state index is 0.249. The Morgan fingerprint density at radius 1 is 1.33 bits per heavy atom. The van der Waals surface area contributed by atoms with E-state index in [2.05, 4.69) is 10.3 Å². The minimum Gasteiger partial charge on any atom is -0.478 e. The van der Waals surface area contributed by atoms with E-state index in [1.54, 1.807) is 6.07 Å². The number of nitrogens with zero attached hydrogens (tertiary/aromatic N) is 1. The maximum absolute atomic E-state index is 11.4. The van der Waals surface area contributed by atoms with Crippen LogP contribution in [-0.2, 0) is 0 Å². The number of carboxylic acids is 1. The summed E-state index contributed by atoms with van der Waals surface area (Å²) in [4.78, 5) is 15.9. The number of rotatable bonds is 4. The third-order valence-corrected chi connectivity index (χ3v) is 4.90. The first kappa shape index (κ1) is 14.2. The van der Waals surface area contributed by atoms with E-state index in [9.17, 15) is 9.90 Å². The quantitative estimate of drug-likeness (QED) is 0.905. The van der Waals surface area contributed by atoms with Crippen LogP contribution in [-0.4, -0.2) is 34.1 Å². The number of aromatic nitrogens is 1. The van der Waals surface area contributed by atoms with Crippen LogP contribution in [0.25, 0.3) is 10.9 Å². The van der Waals surface area contributed by atoms with Crippen LogP contribution < -0.4 is 5.32 Å². The van der Waals surface area contributed by atoms with Gasteiger partial charge >= 0.3 is 5.97 Å². The Kier molecular flexibility index (Phi) is 4.29. The molecule has 0 bridgehead atoms. The number of anilines is 1. The number of thioether (sulfide) groups is 1. The summed E-state index contributed by atoms with van der Waals surface area (Å²) < 4.78 is 0. The zero-order valence-corrected chi connectivity index (χ0v) is 12.5. The van der Waals surface area contributed by atoms with Crippen LogP contribution >= 0.6 is 11.8 Å². The number of pyridine rings is 1. The van der Waals surface area contributed by atoms with Gasteiger partial charge in [-0.3, -0.25) is 0 Å². The third kappa shape index (κ3) is 3.29. The molecule has 3 rings (SSSR count). The van der Waals surface area contributed by atoms with Crippen LogP contribution in [0, 0.1) is 5.92 Å². The fourth-order valence-electron chi connectivity index (χ4n) is 2.61. The molecule has 2 N–H and O–H groups in total. The van der Waals surface area contributed by atoms with Gasteiger partial charge in [0.1, 0.15) is 11.4 Å². The lowest BCUT2D eigenvalue weighted by Crippen LogP contribution is -2.20. The van der Waals surface area contributed by atoms with Crippen molar-refractivity contribution in [2.24, 2.45) is 5.92 Å². The van der Waals surface area contributed by atoms with Gasteiger partial charge in [-0.15, -0.1) is 0 Å². The van der Waals surface area contributed by atoms with Crippen molar-refractivity contribution in [1.29, 1.82) is 0 Å². The van der Waals surface area contributed by atoms with Gasteiger partial charge in [0.2, 0.25) is 0 Å². The number of aromatic carboxylic acids is 1. The molecule has 0 radical (unpaired) electrons. The zero-order chi connectivity index (χ0) is 14.7. The molecule has 0 unspecified atom stereocenters. The molecule has 1 aromatic carbocycles. The maximum atomic E-state index is 11.4. The predicted octanol–water partition coefficient (Wildman–Crippen LogP) is 3.49. The molecule has 4 nitrogen and oxygen atoms in total. The highest BCUT2D eigenvalue weighted by atomic mass is 32.2. The summed E-state index contributed by atoms with van der Waals surface area (Å²) in [6.45, 7) is 0.798. The van der Waals surface area contributed by atoms with E-state index in [4.69, 9.17) is 0 Å². The molecule has 0 spiro atoms. The lowest BCUT2D eigenvalue weighted by molar-refractivity contribution is 0.0697. The van der Waals surface area contributed by atoms with Crippen LogP contribution in [0.4, 0.5) is 5.82 Å². The zero-order valence-electron chi connectivity index (χ0n) is 11.7. The second-order valence-corrected chi connectivity index (χ2v) is 6.54. The monoisotopic (exact) mass is 302 g/mol. The molecule has 0 saturated carbocycles. The average molecular weight is 302 g/mol. The fraction of sp³-hybridized carbons (Fsp3) is 0.375. The SMILES string of the molecule is O=C(O)c1cc2ccccc2nc1NCC1CCSCC1. The molecule has 1 aromatic heterocycles. The van der Waals surface area contributed by atoms with E-state index >= 15 is 0 Å². The van der Waals surface area contributed by atoms with Crippen LogP contribution in [0.5, 0.6) is 0 Å². The number of carboxylic acid groups (broad SMARTS) is 1. The number of para-hydroxylation sites is 1. The van der Waals surface area contributed by atoms with Crippen LogP contribution in [0.2, 0.25) is 0 Å². The molecule has 0 amide bonds. The molecule has 0 atom stereocenters. The van der Waals surface area contributed by atoms with Gasteiger partial charge in [-0.25, -0.2) is 9.78 Å². The van der Waals surface area contributed by atoms with Crippen molar-refractivity contribution in [1.82, 2.24) is 4.98 Å². The number of nitrogens with one attached hydrogen (secondary N) is 1. The van der Waals surface area contributed by atoms with E-state index in [0.717, 1.165) is 17.4 Å². The molecule has 0 aliphatic carbocycles. The third-order valence-electron chi connectivity index (χ3n) is 3.85. The van der Waals surface area contributed by atoms with Gasteiger partial charge in [0.15, 0.2) is 0 Å². The maximum Gasteiger partial charge on any atom is 0.339 e. The Bertz CT molecular complexity index is 654. The van der Waals surface area contributed by atoms with Crippen molar-refractivity contribution in [3.05, 3.63) is 35.9 Å². The molecule has 5 heteroatoms. The summed E-state index contributed by atoms with van der Waals surface area (Å²) in [6.07, 6.45) is 2.38. The molecule has 21 heavy (non-hydrogen) atoms. The summed E-state index contributed by atoms with van der Waals surface area (Å²) in [5.41, 5.74) is 1.07. The second kappa shape index (κ2) is 6.35. The van der Waals surface area contributed by atoms with E-state index in [1.165, 1.54) is 24.3 Å². The summed E-state index contributed by atoms with van der Waals surface area (Å²) in [6, 6.07) is 9.30. The Morgan fingerprint density at radius 2 is 2.10 bits per heavy atom. The highest BCUT2D eigenvalue weighted by Gasteiger charge is 2.17. The van der Waals surface area contributed by atoms with Crippen molar-refractivity contribution >= 4 is 34.5 Å². The average Bonchev–Trinajstić information content (AvgIpc) is 2.53. The Labute approximate surface area is 128 Å². The molecule has 2 aromatic rings. The Hall–Kier alpha value is -1.75. The Morgan fingerprint density at radius 3 is 2.86 bits per heavy atom. The van der Waals surface area contributed by atoms with Gasteiger partial charge in [-0.1, -0.05) is 18.2 Å². The van der Waals surface area contributed by atoms with Gasteiger partial charge in [0.25, 0.3) is 0 Å². The normalized spacial score (nSPS) is 16.0. The van der Waals surface area contributed by atoms with Crippen molar-refractivity contribution in [3.63, 3.8) is 0 Å². The highest BCUT2D eigenvalue weighted by Crippen LogP contribution is 2.25. The van der Waals surface area contributed by atoms with E-state index in [0.29, 0.717) is 11.7 Å². The number of hydrogen-bond donors (Lipinski definition) is 2. The van der Waals surface area contributed by atoms with Crippen LogP contribution in [0.15, 0.2) is 30.3 Å². The van der Waals surface area contributed by atoms with Gasteiger partial charge in [0.05, 0.1) is 5.52 Å². The van der Waals surface area contributed by atoms with Crippen molar-refractivity contribution in [3.8, 4) is 0 Å². The van der Waals surface area contributed by atoms with Crippen molar-refractivity contribution < 1.29 is 9.90 Å². The molecule has 1 aliphatic heterocycles. The van der Waals surface area contributed by atoms with Crippen LogP contribution in [0.3, 0.4) is 0 Å². The molecule has 1 aliphatic rings. The van der Waals surface area contributed by atoms with E-state index in [-0.39, 0.29) is 5.56 Å². The Balaban J connectivity index is 1.84. The summed E-state index contributed by atoms with van der Waals surface area (Å²) in [5.74, 6) is 2.56. The lowest BCUT2D eigenvalue weighted by atomic mass is 10.0. The van der Waals surface area contributed by atoms with Crippen molar-refractivity contribution in [2.45, 2.75) is 12.8 Å². The predicted molar refractivity (Wildman–Crippen MR) is 87.2 cm³/mol. The fourth-order valence-corrected chi connectivity index (χ4v) is 3.81. The first-order chi connectivity index (χ1) is 10.2. The van der Waals surface area contributed by atoms with Gasteiger partial charge in [0, 0.05) is 11.9 Å². The number of hydrogen-bond acceptors (Lipinski definition) is 4. The van der Waals surface area contributed by atoms with Gasteiger partial charge in [-0.05, 0) is 42.4 Å². The molecule has 2 heterocycles. The van der Waals surface area contributed by atoms with E-state index in [1.807, 2.05) is 36.0 Å². The first-order valence-corrected chi connectivity index (χ1v) is 8.34. The highest BCUT2D eigenvalue weighted by molar-refractivity contribution is 7.99. The van der Waals surface area contributed by atoms with E-state index < -0.39 is 5.97 Å². The van der Waals surface area contributed by atoms with Gasteiger partial charge < -0.3 is 10.4 Å². The number of benzene rings is 1. The molecule has 110 valence electrons. The molecule has 1 fully saturated rings. The summed E-state index contributed by atoms with van der Waals surface area (Å²) >= 11 is 1.99. The summed E-state index contributed by atoms with van der Waals surface area (Å²) in [5, 5.41) is 13.5. The number of fused-ring (bicyclic) bond motifs is 1. The van der Waals surface area contributed by atoms with Gasteiger partial charge in [-0.2, -0.15) is 11.8 Å². The lowest BCUT2D eigenvalue weighted by Gasteiger charge is -2.22.